The molecule has 0 aliphatic heterocycles. The van der Waals surface area contributed by atoms with Crippen LogP contribution >= 0.6 is 15.9 Å². The first kappa shape index (κ1) is 11.1. The van der Waals surface area contributed by atoms with Crippen LogP contribution in [0.3, 0.4) is 0 Å². The second kappa shape index (κ2) is 5.05. The van der Waals surface area contributed by atoms with Gasteiger partial charge in [0.15, 0.2) is 11.6 Å². The van der Waals surface area contributed by atoms with Gasteiger partial charge < -0.3 is 5.32 Å². The smallest absolute Gasteiger partial charge is 0.225 e. The lowest BCUT2D eigenvalue weighted by Crippen LogP contribution is -2.11. The molecule has 76 valence electrons. The SMILES string of the molecule is O=C(CCBr)Nc1ccc(F)c(F)c1. The van der Waals surface area contributed by atoms with E-state index in [1.807, 2.05) is 0 Å². The molecule has 1 rings (SSSR count). The minimum Gasteiger partial charge on any atom is -0.326 e. The van der Waals surface area contributed by atoms with E-state index in [9.17, 15) is 13.6 Å². The molecule has 0 fully saturated rings. The molecule has 0 unspecified atom stereocenters. The quantitative estimate of drug-likeness (QED) is 0.835. The Morgan fingerprint density at radius 3 is 2.64 bits per heavy atom. The number of alkyl halides is 1. The van der Waals surface area contributed by atoms with Crippen molar-refractivity contribution in [1.29, 1.82) is 0 Å². The zero-order chi connectivity index (χ0) is 10.6. The van der Waals surface area contributed by atoms with Crippen molar-refractivity contribution in [1.82, 2.24) is 0 Å². The molecule has 1 N–H and O–H groups in total. The lowest BCUT2D eigenvalue weighted by molar-refractivity contribution is -0.115. The number of anilines is 1. The molecule has 14 heavy (non-hydrogen) atoms. The summed E-state index contributed by atoms with van der Waals surface area (Å²) in [5, 5.41) is 2.97. The predicted octanol–water partition coefficient (Wildman–Crippen LogP) is 2.69. The minimum absolute atomic E-state index is 0.243. The minimum atomic E-state index is -0.971. The van der Waals surface area contributed by atoms with Crippen LogP contribution in [0, 0.1) is 11.6 Å². The summed E-state index contributed by atoms with van der Waals surface area (Å²) >= 11 is 3.09. The fraction of sp³-hybridized carbons (Fsp3) is 0.222. The highest BCUT2D eigenvalue weighted by atomic mass is 79.9. The van der Waals surface area contributed by atoms with Crippen LogP contribution in [0.25, 0.3) is 0 Å². The Kier molecular flexibility index (Phi) is 4.00. The van der Waals surface area contributed by atoms with Crippen LogP contribution in [0.4, 0.5) is 14.5 Å². The largest absolute Gasteiger partial charge is 0.326 e. The van der Waals surface area contributed by atoms with Gasteiger partial charge in [0.2, 0.25) is 5.91 Å². The number of nitrogens with one attached hydrogen (secondary N) is 1. The lowest BCUT2D eigenvalue weighted by Gasteiger charge is -2.03. The molecule has 0 heterocycles. The average Bonchev–Trinajstić information content (AvgIpc) is 2.12. The summed E-state index contributed by atoms with van der Waals surface area (Å²) in [5.74, 6) is -2.14. The molecule has 0 saturated carbocycles. The van der Waals surface area contributed by atoms with E-state index in [-0.39, 0.29) is 11.6 Å². The van der Waals surface area contributed by atoms with Crippen molar-refractivity contribution < 1.29 is 13.6 Å². The zero-order valence-electron chi connectivity index (χ0n) is 7.19. The number of amides is 1. The number of carbonyl (C=O) groups excluding carboxylic acids is 1. The van der Waals surface area contributed by atoms with Crippen molar-refractivity contribution in [2.24, 2.45) is 0 Å². The van der Waals surface area contributed by atoms with Gasteiger partial charge >= 0.3 is 0 Å². The van der Waals surface area contributed by atoms with E-state index < -0.39 is 11.6 Å². The summed E-state index contributed by atoms with van der Waals surface area (Å²) in [7, 11) is 0. The monoisotopic (exact) mass is 263 g/mol. The van der Waals surface area contributed by atoms with Crippen LogP contribution in [0.2, 0.25) is 0 Å². The first-order valence-corrected chi connectivity index (χ1v) is 5.06. The summed E-state index contributed by atoms with van der Waals surface area (Å²) < 4.78 is 25.2. The van der Waals surface area contributed by atoms with E-state index in [1.165, 1.54) is 6.07 Å². The van der Waals surface area contributed by atoms with E-state index in [4.69, 9.17) is 0 Å². The van der Waals surface area contributed by atoms with Gasteiger partial charge in [-0.1, -0.05) is 15.9 Å². The van der Waals surface area contributed by atoms with Crippen molar-refractivity contribution in [3.05, 3.63) is 29.8 Å². The number of hydrogen-bond acceptors (Lipinski definition) is 1. The van der Waals surface area contributed by atoms with Gasteiger partial charge in [0.05, 0.1) is 0 Å². The second-order valence-corrected chi connectivity index (χ2v) is 3.41. The molecule has 1 aromatic rings. The zero-order valence-corrected chi connectivity index (χ0v) is 8.77. The molecule has 0 aliphatic carbocycles. The van der Waals surface area contributed by atoms with Gasteiger partial charge in [0.25, 0.3) is 0 Å². The van der Waals surface area contributed by atoms with Crippen molar-refractivity contribution in [2.45, 2.75) is 6.42 Å². The lowest BCUT2D eigenvalue weighted by atomic mass is 10.3. The molecule has 0 saturated heterocycles. The normalized spacial score (nSPS) is 9.93. The van der Waals surface area contributed by atoms with Crippen LogP contribution < -0.4 is 5.32 Å². The van der Waals surface area contributed by atoms with Gasteiger partial charge in [-0.25, -0.2) is 8.78 Å². The third-order valence-electron chi connectivity index (χ3n) is 1.52. The van der Waals surface area contributed by atoms with Gasteiger partial charge in [-0.05, 0) is 12.1 Å². The van der Waals surface area contributed by atoms with Crippen LogP contribution in [-0.2, 0) is 4.79 Å². The standard InChI is InChI=1S/C9H8BrF2NO/c10-4-3-9(14)13-6-1-2-7(11)8(12)5-6/h1-2,5H,3-4H2,(H,13,14). The van der Waals surface area contributed by atoms with E-state index in [1.54, 1.807) is 0 Å². The predicted molar refractivity (Wildman–Crippen MR) is 53.4 cm³/mol. The second-order valence-electron chi connectivity index (χ2n) is 2.62. The summed E-state index contributed by atoms with van der Waals surface area (Å²) in [6.45, 7) is 0. The molecule has 1 amide bonds. The van der Waals surface area contributed by atoms with Gasteiger partial charge in [-0.3, -0.25) is 4.79 Å². The average molecular weight is 264 g/mol. The van der Waals surface area contributed by atoms with Gasteiger partial charge in [-0.15, -0.1) is 0 Å². The van der Waals surface area contributed by atoms with Crippen molar-refractivity contribution in [2.75, 3.05) is 10.6 Å². The van der Waals surface area contributed by atoms with E-state index in [0.717, 1.165) is 12.1 Å². The highest BCUT2D eigenvalue weighted by molar-refractivity contribution is 9.09. The number of rotatable bonds is 3. The Labute approximate surface area is 88.4 Å². The Morgan fingerprint density at radius 1 is 1.36 bits per heavy atom. The fourth-order valence-electron chi connectivity index (χ4n) is 0.883. The van der Waals surface area contributed by atoms with Crippen LogP contribution in [0.1, 0.15) is 6.42 Å². The maximum absolute atomic E-state index is 12.7. The Hall–Kier alpha value is -0.970. The molecule has 0 radical (unpaired) electrons. The molecule has 2 nitrogen and oxygen atoms in total. The van der Waals surface area contributed by atoms with Gasteiger partial charge in [0.1, 0.15) is 0 Å². The first-order valence-electron chi connectivity index (χ1n) is 3.94. The van der Waals surface area contributed by atoms with Gasteiger partial charge in [-0.2, -0.15) is 0 Å². The van der Waals surface area contributed by atoms with Crippen LogP contribution in [-0.4, -0.2) is 11.2 Å². The van der Waals surface area contributed by atoms with Crippen molar-refractivity contribution >= 4 is 27.5 Å². The summed E-state index contributed by atoms with van der Waals surface area (Å²) in [6.07, 6.45) is 0.291. The molecular weight excluding hydrogens is 256 g/mol. The molecule has 0 aliphatic rings. The molecule has 0 spiro atoms. The van der Waals surface area contributed by atoms with Crippen molar-refractivity contribution in [3.8, 4) is 0 Å². The number of benzene rings is 1. The van der Waals surface area contributed by atoms with Crippen LogP contribution in [0.15, 0.2) is 18.2 Å². The third-order valence-corrected chi connectivity index (χ3v) is 1.92. The maximum Gasteiger partial charge on any atom is 0.225 e. The summed E-state index contributed by atoms with van der Waals surface area (Å²) in [5.41, 5.74) is 0.259. The highest BCUT2D eigenvalue weighted by Gasteiger charge is 2.05. The molecular formula is C9H8BrF2NO. The van der Waals surface area contributed by atoms with Gasteiger partial charge in [0, 0.05) is 23.5 Å². The van der Waals surface area contributed by atoms with E-state index in [0.29, 0.717) is 11.8 Å². The molecule has 0 aromatic heterocycles. The Bertz CT molecular complexity index is 344. The number of hydrogen-bond donors (Lipinski definition) is 1. The highest BCUT2D eigenvalue weighted by Crippen LogP contribution is 2.13. The van der Waals surface area contributed by atoms with E-state index in [2.05, 4.69) is 21.2 Å². The van der Waals surface area contributed by atoms with Crippen molar-refractivity contribution in [3.63, 3.8) is 0 Å². The maximum atomic E-state index is 12.7. The number of carbonyl (C=O) groups is 1. The number of halogens is 3. The van der Waals surface area contributed by atoms with E-state index >= 15 is 0 Å². The summed E-state index contributed by atoms with van der Waals surface area (Å²) in [6, 6.07) is 3.23. The molecule has 0 bridgehead atoms. The summed E-state index contributed by atoms with van der Waals surface area (Å²) in [4.78, 5) is 11.1. The molecule has 5 heteroatoms. The molecule has 0 atom stereocenters. The fourth-order valence-corrected chi connectivity index (χ4v) is 1.24. The molecule has 1 aromatic carbocycles. The topological polar surface area (TPSA) is 29.1 Å². The first-order chi connectivity index (χ1) is 6.63. The Morgan fingerprint density at radius 2 is 2.07 bits per heavy atom. The Balaban J connectivity index is 2.68. The van der Waals surface area contributed by atoms with Crippen LogP contribution in [0.5, 0.6) is 0 Å². The third kappa shape index (κ3) is 3.06.